The highest BCUT2D eigenvalue weighted by Gasteiger charge is 2.04. The molecule has 0 bridgehead atoms. The predicted molar refractivity (Wildman–Crippen MR) is 64.9 cm³/mol. The van der Waals surface area contributed by atoms with Gasteiger partial charge in [0, 0.05) is 18.6 Å². The Morgan fingerprint density at radius 3 is 2.06 bits per heavy atom. The molecule has 0 aliphatic rings. The lowest BCUT2D eigenvalue weighted by Gasteiger charge is -1.95. The molecule has 6 N–H and O–H groups in total. The highest BCUT2D eigenvalue weighted by molar-refractivity contribution is 5.93. The van der Waals surface area contributed by atoms with Crippen LogP contribution < -0.4 is 11.9 Å². The molecule has 90 valence electrons. The fourth-order valence-corrected chi connectivity index (χ4v) is 0.914. The zero-order valence-corrected chi connectivity index (χ0v) is 9.15. The van der Waals surface area contributed by atoms with E-state index >= 15 is 0 Å². The Morgan fingerprint density at radius 2 is 1.76 bits per heavy atom. The summed E-state index contributed by atoms with van der Waals surface area (Å²) in [7, 11) is 0. The number of pyridine rings is 2. The van der Waals surface area contributed by atoms with E-state index in [-0.39, 0.29) is 17.4 Å². The first-order chi connectivity index (χ1) is 7.72. The van der Waals surface area contributed by atoms with Crippen LogP contribution in [0.4, 0.5) is 5.69 Å². The minimum atomic E-state index is -1.03. The summed E-state index contributed by atoms with van der Waals surface area (Å²) < 4.78 is 0. The van der Waals surface area contributed by atoms with Crippen LogP contribution in [0.3, 0.4) is 0 Å². The highest BCUT2D eigenvalue weighted by Crippen LogP contribution is 2.06. The standard InChI is InChI=1S/C6H6N2O2.C5H5N.H3N/c7-5-3-8-2-1-4(5)6(9)10;1-2-4-6-5-3-1;/h1-3H,7H2,(H,9,10);1-5H;1H3. The smallest absolute Gasteiger partial charge is 0.337 e. The molecule has 0 saturated carbocycles. The molecule has 0 amide bonds. The van der Waals surface area contributed by atoms with Crippen molar-refractivity contribution in [2.75, 3.05) is 5.73 Å². The van der Waals surface area contributed by atoms with Gasteiger partial charge >= 0.3 is 5.97 Å². The predicted octanol–water partition coefficient (Wildman–Crippen LogP) is 1.61. The summed E-state index contributed by atoms with van der Waals surface area (Å²) in [6.07, 6.45) is 6.20. The molecule has 2 heterocycles. The lowest BCUT2D eigenvalue weighted by Crippen LogP contribution is -2.01. The number of nitrogen functional groups attached to an aromatic ring is 1. The Labute approximate surface area is 98.7 Å². The van der Waals surface area contributed by atoms with Gasteiger partial charge in [-0.15, -0.1) is 0 Å². The number of hydrogen-bond donors (Lipinski definition) is 3. The molecule has 0 radical (unpaired) electrons. The average Bonchev–Trinajstić information content (AvgIpc) is 2.32. The van der Waals surface area contributed by atoms with Gasteiger partial charge in [0.15, 0.2) is 0 Å². The number of aromatic carboxylic acids is 1. The highest BCUT2D eigenvalue weighted by atomic mass is 16.4. The molecule has 0 unspecified atom stereocenters. The van der Waals surface area contributed by atoms with Crippen LogP contribution in [-0.2, 0) is 0 Å². The van der Waals surface area contributed by atoms with Crippen molar-refractivity contribution in [3.8, 4) is 0 Å². The molecule has 0 spiro atoms. The number of nitrogens with zero attached hydrogens (tertiary/aromatic N) is 2. The van der Waals surface area contributed by atoms with Gasteiger partial charge in [-0.05, 0) is 18.2 Å². The third-order valence-electron chi connectivity index (χ3n) is 1.65. The van der Waals surface area contributed by atoms with Crippen molar-refractivity contribution in [3.05, 3.63) is 54.6 Å². The summed E-state index contributed by atoms with van der Waals surface area (Å²) in [6, 6.07) is 7.07. The number of hydrogen-bond acceptors (Lipinski definition) is 5. The monoisotopic (exact) mass is 234 g/mol. The normalized spacial score (nSPS) is 8.24. The fraction of sp³-hybridized carbons (Fsp3) is 0. The third-order valence-corrected chi connectivity index (χ3v) is 1.65. The Bertz CT molecular complexity index is 422. The quantitative estimate of drug-likeness (QED) is 0.688. The van der Waals surface area contributed by atoms with Crippen molar-refractivity contribution in [2.45, 2.75) is 0 Å². The third kappa shape index (κ3) is 5.24. The maximum absolute atomic E-state index is 10.3. The van der Waals surface area contributed by atoms with Gasteiger partial charge in [0.25, 0.3) is 0 Å². The molecule has 6 heteroatoms. The maximum Gasteiger partial charge on any atom is 0.337 e. The molecular formula is C11H14N4O2. The number of carboxylic acids is 1. The van der Waals surface area contributed by atoms with Gasteiger partial charge in [0.05, 0.1) is 17.4 Å². The molecule has 0 aromatic carbocycles. The molecule has 0 aliphatic heterocycles. The maximum atomic E-state index is 10.3. The van der Waals surface area contributed by atoms with Crippen LogP contribution in [0, 0.1) is 0 Å². The number of rotatable bonds is 1. The zero-order valence-electron chi connectivity index (χ0n) is 9.15. The number of carbonyl (C=O) groups is 1. The van der Waals surface area contributed by atoms with Crippen molar-refractivity contribution in [2.24, 2.45) is 0 Å². The van der Waals surface area contributed by atoms with Crippen molar-refractivity contribution in [3.63, 3.8) is 0 Å². The minimum Gasteiger partial charge on any atom is -0.478 e. The van der Waals surface area contributed by atoms with Crippen molar-refractivity contribution in [1.82, 2.24) is 16.1 Å². The van der Waals surface area contributed by atoms with Gasteiger partial charge < -0.3 is 17.0 Å². The van der Waals surface area contributed by atoms with Crippen LogP contribution in [0.2, 0.25) is 0 Å². The largest absolute Gasteiger partial charge is 0.478 e. The number of anilines is 1. The molecular weight excluding hydrogens is 220 g/mol. The van der Waals surface area contributed by atoms with E-state index in [9.17, 15) is 4.79 Å². The fourth-order valence-electron chi connectivity index (χ4n) is 0.914. The van der Waals surface area contributed by atoms with E-state index in [1.54, 1.807) is 12.4 Å². The van der Waals surface area contributed by atoms with Gasteiger partial charge in [0.2, 0.25) is 0 Å². The van der Waals surface area contributed by atoms with E-state index in [2.05, 4.69) is 9.97 Å². The Balaban J connectivity index is 0.000000316. The van der Waals surface area contributed by atoms with E-state index in [4.69, 9.17) is 10.8 Å². The summed E-state index contributed by atoms with van der Waals surface area (Å²) in [5.41, 5.74) is 5.56. The molecule has 0 saturated heterocycles. The Hall–Kier alpha value is -2.47. The van der Waals surface area contributed by atoms with Crippen LogP contribution in [-0.4, -0.2) is 21.0 Å². The van der Waals surface area contributed by atoms with Gasteiger partial charge in [-0.25, -0.2) is 4.79 Å². The molecule has 17 heavy (non-hydrogen) atoms. The molecule has 6 nitrogen and oxygen atoms in total. The van der Waals surface area contributed by atoms with Crippen LogP contribution in [0.5, 0.6) is 0 Å². The Morgan fingerprint density at radius 1 is 1.12 bits per heavy atom. The molecule has 2 aromatic rings. The summed E-state index contributed by atoms with van der Waals surface area (Å²) in [4.78, 5) is 17.7. The minimum absolute atomic E-state index is 0. The molecule has 0 atom stereocenters. The van der Waals surface area contributed by atoms with Crippen LogP contribution >= 0.6 is 0 Å². The van der Waals surface area contributed by atoms with Crippen LogP contribution in [0.15, 0.2) is 49.1 Å². The summed E-state index contributed by atoms with van der Waals surface area (Å²) in [5, 5.41) is 8.46. The first-order valence-corrected chi connectivity index (χ1v) is 4.49. The lowest BCUT2D eigenvalue weighted by atomic mass is 10.2. The molecule has 2 rings (SSSR count). The second kappa shape index (κ2) is 7.77. The number of nitrogens with two attached hydrogens (primary N) is 1. The van der Waals surface area contributed by atoms with Gasteiger partial charge in [-0.2, -0.15) is 0 Å². The van der Waals surface area contributed by atoms with Gasteiger partial charge in [-0.3, -0.25) is 9.97 Å². The lowest BCUT2D eigenvalue weighted by molar-refractivity contribution is 0.0698. The first-order valence-electron chi connectivity index (χ1n) is 4.49. The number of aromatic nitrogens is 2. The molecule has 2 aromatic heterocycles. The number of carboxylic acid groups (broad SMARTS) is 1. The van der Waals surface area contributed by atoms with Crippen LogP contribution in [0.1, 0.15) is 10.4 Å². The zero-order chi connectivity index (χ0) is 11.8. The Kier molecular flexibility index (Phi) is 6.64. The van der Waals surface area contributed by atoms with Gasteiger partial charge in [0.1, 0.15) is 0 Å². The first kappa shape index (κ1) is 14.5. The van der Waals surface area contributed by atoms with Crippen LogP contribution in [0.25, 0.3) is 0 Å². The van der Waals surface area contributed by atoms with Gasteiger partial charge in [-0.1, -0.05) is 6.07 Å². The molecule has 0 aliphatic carbocycles. The second-order valence-corrected chi connectivity index (χ2v) is 2.79. The van der Waals surface area contributed by atoms with E-state index in [1.165, 1.54) is 18.5 Å². The van der Waals surface area contributed by atoms with Crippen molar-refractivity contribution >= 4 is 11.7 Å². The second-order valence-electron chi connectivity index (χ2n) is 2.79. The topological polar surface area (TPSA) is 124 Å². The summed E-state index contributed by atoms with van der Waals surface area (Å²) in [5.74, 6) is -1.03. The van der Waals surface area contributed by atoms with E-state index in [0.717, 1.165) is 0 Å². The van der Waals surface area contributed by atoms with Crippen molar-refractivity contribution < 1.29 is 9.90 Å². The van der Waals surface area contributed by atoms with Crippen molar-refractivity contribution in [1.29, 1.82) is 0 Å². The molecule has 0 fully saturated rings. The SMILES string of the molecule is N.Nc1cnccc1C(=O)O.c1ccncc1. The summed E-state index contributed by atoms with van der Waals surface area (Å²) in [6.45, 7) is 0. The summed E-state index contributed by atoms with van der Waals surface area (Å²) >= 11 is 0. The average molecular weight is 234 g/mol. The van der Waals surface area contributed by atoms with E-state index < -0.39 is 5.97 Å². The van der Waals surface area contributed by atoms with E-state index in [1.807, 2.05) is 18.2 Å². The van der Waals surface area contributed by atoms with E-state index in [0.29, 0.717) is 0 Å².